The molecule has 0 aliphatic carbocycles. The molecule has 1 aromatic heterocycles. The Balaban J connectivity index is 2.22. The Bertz CT molecular complexity index is 521. The van der Waals surface area contributed by atoms with Crippen LogP contribution in [0.2, 0.25) is 0 Å². The van der Waals surface area contributed by atoms with E-state index in [1.807, 2.05) is 28.8 Å². The first-order chi connectivity index (χ1) is 7.68. The number of hydrogen-bond acceptors (Lipinski definition) is 3. The number of hydrogen-bond donors (Lipinski definition) is 1. The van der Waals surface area contributed by atoms with Crippen molar-refractivity contribution >= 4 is 33.8 Å². The van der Waals surface area contributed by atoms with Crippen LogP contribution in [-0.2, 0) is 11.3 Å². The van der Waals surface area contributed by atoms with Crippen LogP contribution in [0.25, 0.3) is 11.0 Å². The number of aryl methyl sites for hydroxylation is 1. The van der Waals surface area contributed by atoms with E-state index in [9.17, 15) is 4.79 Å². The van der Waals surface area contributed by atoms with Gasteiger partial charge in [0.25, 0.3) is 0 Å². The Labute approximate surface area is 98.0 Å². The molecule has 0 bridgehead atoms. The topological polar surface area (TPSA) is 60.9 Å². The second-order valence-corrected chi connectivity index (χ2v) is 3.99. The van der Waals surface area contributed by atoms with Crippen molar-refractivity contribution in [3.8, 4) is 0 Å². The van der Waals surface area contributed by atoms with Crippen molar-refractivity contribution in [1.29, 1.82) is 0 Å². The maximum Gasteiger partial charge on any atom is 0.221 e. The van der Waals surface area contributed by atoms with E-state index in [1.54, 1.807) is 0 Å². The molecule has 0 saturated carbocycles. The highest BCUT2D eigenvalue weighted by Crippen LogP contribution is 2.18. The van der Waals surface area contributed by atoms with Crippen molar-refractivity contribution in [2.24, 2.45) is 0 Å². The summed E-state index contributed by atoms with van der Waals surface area (Å²) in [6.45, 7) is 0.658. The molecule has 0 atom stereocenters. The largest absolute Gasteiger partial charge is 0.369 e. The van der Waals surface area contributed by atoms with Gasteiger partial charge in [-0.15, -0.1) is 0 Å². The van der Waals surface area contributed by atoms with Gasteiger partial charge in [0.2, 0.25) is 11.2 Å². The van der Waals surface area contributed by atoms with Gasteiger partial charge in [0.05, 0.1) is 11.0 Å². The lowest BCUT2D eigenvalue weighted by Gasteiger charge is -2.04. The van der Waals surface area contributed by atoms with Crippen molar-refractivity contribution in [2.45, 2.75) is 19.4 Å². The smallest absolute Gasteiger partial charge is 0.221 e. The quantitative estimate of drug-likeness (QED) is 0.829. The molecular weight excluding hydrogens is 226 g/mol. The zero-order valence-corrected chi connectivity index (χ0v) is 9.44. The molecule has 4 nitrogen and oxygen atoms in total. The van der Waals surface area contributed by atoms with Crippen LogP contribution in [0.15, 0.2) is 24.3 Å². The fraction of sp³-hybridized carbons (Fsp3) is 0.273. The van der Waals surface area contributed by atoms with E-state index < -0.39 is 0 Å². The monoisotopic (exact) mass is 237 g/mol. The van der Waals surface area contributed by atoms with Crippen LogP contribution in [0.4, 0.5) is 5.95 Å². The normalized spacial score (nSPS) is 10.8. The summed E-state index contributed by atoms with van der Waals surface area (Å²) in [6, 6.07) is 7.73. The number of benzene rings is 1. The minimum absolute atomic E-state index is 0.317. The van der Waals surface area contributed by atoms with Crippen LogP contribution in [-0.4, -0.2) is 14.8 Å². The van der Waals surface area contributed by atoms with Crippen LogP contribution >= 0.6 is 11.6 Å². The third-order valence-electron chi connectivity index (χ3n) is 2.44. The minimum Gasteiger partial charge on any atom is -0.369 e. The fourth-order valence-corrected chi connectivity index (χ4v) is 1.84. The Kier molecular flexibility index (Phi) is 3.10. The van der Waals surface area contributed by atoms with Gasteiger partial charge >= 0.3 is 0 Å². The Morgan fingerprint density at radius 2 is 2.19 bits per heavy atom. The Hall–Kier alpha value is -1.55. The summed E-state index contributed by atoms with van der Waals surface area (Å²) >= 11 is 5.28. The van der Waals surface area contributed by atoms with Crippen LogP contribution in [0.5, 0.6) is 0 Å². The van der Waals surface area contributed by atoms with E-state index in [4.69, 9.17) is 17.3 Å². The summed E-state index contributed by atoms with van der Waals surface area (Å²) in [6.07, 6.45) is 1.03. The number of imidazole rings is 1. The molecule has 0 radical (unpaired) electrons. The van der Waals surface area contributed by atoms with Gasteiger partial charge in [-0.1, -0.05) is 12.1 Å². The van der Waals surface area contributed by atoms with Gasteiger partial charge in [0.15, 0.2) is 0 Å². The number of anilines is 1. The Morgan fingerprint density at radius 1 is 1.44 bits per heavy atom. The molecule has 16 heavy (non-hydrogen) atoms. The molecule has 0 aliphatic rings. The first-order valence-electron chi connectivity index (χ1n) is 5.07. The number of fused-ring (bicyclic) bond motifs is 1. The SMILES string of the molecule is Nc1nc2ccccc2n1CCCC(=O)Cl. The Morgan fingerprint density at radius 3 is 2.94 bits per heavy atom. The van der Waals surface area contributed by atoms with Crippen LogP contribution in [0.1, 0.15) is 12.8 Å². The molecule has 2 rings (SSSR count). The standard InChI is InChI=1S/C11H12ClN3O/c12-10(16)6-3-7-15-9-5-2-1-4-8(9)14-11(15)13/h1-2,4-5H,3,6-7H2,(H2,13,14). The second kappa shape index (κ2) is 4.53. The number of nitrogens with zero attached hydrogens (tertiary/aromatic N) is 2. The highest BCUT2D eigenvalue weighted by atomic mass is 35.5. The highest BCUT2D eigenvalue weighted by molar-refractivity contribution is 6.63. The van der Waals surface area contributed by atoms with Crippen molar-refractivity contribution in [2.75, 3.05) is 5.73 Å². The molecule has 2 aromatic rings. The summed E-state index contributed by atoms with van der Waals surface area (Å²) in [5, 5.41) is -0.317. The molecular formula is C11H12ClN3O. The van der Waals surface area contributed by atoms with Crippen molar-refractivity contribution in [3.05, 3.63) is 24.3 Å². The number of nitrogen functional groups attached to an aromatic ring is 1. The van der Waals surface area contributed by atoms with Crippen LogP contribution < -0.4 is 5.73 Å². The number of nitrogens with two attached hydrogens (primary N) is 1. The van der Waals surface area contributed by atoms with Gasteiger partial charge < -0.3 is 10.3 Å². The summed E-state index contributed by atoms with van der Waals surface area (Å²) in [7, 11) is 0. The van der Waals surface area contributed by atoms with E-state index in [0.29, 0.717) is 25.3 Å². The predicted molar refractivity (Wildman–Crippen MR) is 64.2 cm³/mol. The van der Waals surface area contributed by atoms with E-state index in [1.165, 1.54) is 0 Å². The molecule has 0 amide bonds. The molecule has 1 aromatic carbocycles. The lowest BCUT2D eigenvalue weighted by Crippen LogP contribution is -2.04. The first-order valence-corrected chi connectivity index (χ1v) is 5.45. The predicted octanol–water partition coefficient (Wildman–Crippen LogP) is 2.16. The maximum absolute atomic E-state index is 10.6. The molecule has 5 heteroatoms. The van der Waals surface area contributed by atoms with E-state index in [0.717, 1.165) is 11.0 Å². The number of para-hydroxylation sites is 2. The highest BCUT2D eigenvalue weighted by Gasteiger charge is 2.07. The summed E-state index contributed by atoms with van der Waals surface area (Å²) < 4.78 is 1.90. The summed E-state index contributed by atoms with van der Waals surface area (Å²) in [4.78, 5) is 14.9. The van der Waals surface area contributed by atoms with Crippen molar-refractivity contribution in [3.63, 3.8) is 0 Å². The molecule has 0 spiro atoms. The summed E-state index contributed by atoms with van der Waals surface area (Å²) in [5.41, 5.74) is 7.66. The first kappa shape index (κ1) is 11.0. The summed E-state index contributed by atoms with van der Waals surface area (Å²) in [5.74, 6) is 0.475. The molecule has 0 aliphatic heterocycles. The average molecular weight is 238 g/mol. The van der Waals surface area contributed by atoms with Gasteiger partial charge in [-0.3, -0.25) is 4.79 Å². The maximum atomic E-state index is 10.6. The average Bonchev–Trinajstić information content (AvgIpc) is 2.55. The van der Waals surface area contributed by atoms with Crippen LogP contribution in [0, 0.1) is 0 Å². The third-order valence-corrected chi connectivity index (χ3v) is 2.63. The number of aromatic nitrogens is 2. The fourth-order valence-electron chi connectivity index (χ4n) is 1.71. The molecule has 0 saturated heterocycles. The second-order valence-electron chi connectivity index (χ2n) is 3.57. The third kappa shape index (κ3) is 2.17. The van der Waals surface area contributed by atoms with Gasteiger partial charge in [0, 0.05) is 13.0 Å². The lowest BCUT2D eigenvalue weighted by atomic mass is 10.3. The molecule has 0 unspecified atom stereocenters. The van der Waals surface area contributed by atoms with E-state index in [2.05, 4.69) is 4.98 Å². The van der Waals surface area contributed by atoms with Gasteiger partial charge in [0.1, 0.15) is 0 Å². The van der Waals surface area contributed by atoms with E-state index >= 15 is 0 Å². The van der Waals surface area contributed by atoms with Gasteiger partial charge in [-0.2, -0.15) is 0 Å². The van der Waals surface area contributed by atoms with Gasteiger partial charge in [-0.05, 0) is 30.2 Å². The number of rotatable bonds is 4. The molecule has 84 valence electrons. The van der Waals surface area contributed by atoms with E-state index in [-0.39, 0.29) is 5.24 Å². The van der Waals surface area contributed by atoms with Crippen molar-refractivity contribution < 1.29 is 4.79 Å². The van der Waals surface area contributed by atoms with Crippen LogP contribution in [0.3, 0.4) is 0 Å². The molecule has 2 N–H and O–H groups in total. The van der Waals surface area contributed by atoms with Crippen molar-refractivity contribution in [1.82, 2.24) is 9.55 Å². The molecule has 1 heterocycles. The number of halogens is 1. The zero-order chi connectivity index (χ0) is 11.5. The molecule has 0 fully saturated rings. The zero-order valence-electron chi connectivity index (χ0n) is 8.69. The number of carbonyl (C=O) groups is 1. The lowest BCUT2D eigenvalue weighted by molar-refractivity contribution is -0.111. The van der Waals surface area contributed by atoms with Gasteiger partial charge in [-0.25, -0.2) is 4.98 Å². The minimum atomic E-state index is -0.317. The number of carbonyl (C=O) groups excluding carboxylic acids is 1.